The lowest BCUT2D eigenvalue weighted by Crippen LogP contribution is -2.36. The lowest BCUT2D eigenvalue weighted by Gasteiger charge is -2.33. The summed E-state index contributed by atoms with van der Waals surface area (Å²) in [6.45, 7) is 2.15. The Kier molecular flexibility index (Phi) is 1.84. The topological polar surface area (TPSA) is 20.2 Å². The maximum Gasteiger partial charge on any atom is 0.0922 e. The molecule has 0 aliphatic heterocycles. The van der Waals surface area contributed by atoms with E-state index in [0.29, 0.717) is 5.92 Å². The molecule has 0 radical (unpaired) electrons. The van der Waals surface area contributed by atoms with Crippen molar-refractivity contribution in [2.45, 2.75) is 38.2 Å². The summed E-state index contributed by atoms with van der Waals surface area (Å²) < 4.78 is 0. The number of hydrogen-bond donors (Lipinski definition) is 1. The lowest BCUT2D eigenvalue weighted by molar-refractivity contribution is 0.0390. The van der Waals surface area contributed by atoms with Gasteiger partial charge in [0.25, 0.3) is 0 Å². The van der Waals surface area contributed by atoms with E-state index in [9.17, 15) is 5.11 Å². The molecule has 1 nitrogen and oxygen atoms in total. The van der Waals surface area contributed by atoms with Gasteiger partial charge in [0.15, 0.2) is 0 Å². The van der Waals surface area contributed by atoms with Crippen LogP contribution in [0.1, 0.15) is 32.6 Å². The Labute approximate surface area is 73.8 Å². The first-order chi connectivity index (χ1) is 5.77. The molecule has 1 saturated carbocycles. The van der Waals surface area contributed by atoms with Crippen molar-refractivity contribution in [2.24, 2.45) is 5.92 Å². The summed E-state index contributed by atoms with van der Waals surface area (Å²) in [7, 11) is 0. The molecule has 1 heteroatoms. The molecule has 0 spiro atoms. The highest BCUT2D eigenvalue weighted by Gasteiger charge is 2.42. The second kappa shape index (κ2) is 2.74. The standard InChI is InChI=1S/C11H16O/c1-2-9-5-3-6-10-7-4-8-11(9,10)12/h3,5-6,9,12H,2,4,7-8H2,1H3/t9-,11+/m1/s1. The van der Waals surface area contributed by atoms with Gasteiger partial charge in [-0.2, -0.15) is 0 Å². The van der Waals surface area contributed by atoms with Crippen LogP contribution in [0.2, 0.25) is 0 Å². The summed E-state index contributed by atoms with van der Waals surface area (Å²) in [4.78, 5) is 0. The van der Waals surface area contributed by atoms with Crippen molar-refractivity contribution >= 4 is 0 Å². The molecule has 0 amide bonds. The first kappa shape index (κ1) is 8.06. The van der Waals surface area contributed by atoms with Crippen LogP contribution in [0.15, 0.2) is 23.8 Å². The fourth-order valence-corrected chi connectivity index (χ4v) is 2.52. The maximum absolute atomic E-state index is 10.4. The molecular weight excluding hydrogens is 148 g/mol. The van der Waals surface area contributed by atoms with Gasteiger partial charge >= 0.3 is 0 Å². The summed E-state index contributed by atoms with van der Waals surface area (Å²) in [5.74, 6) is 0.361. The molecule has 2 atom stereocenters. The molecule has 0 aromatic carbocycles. The van der Waals surface area contributed by atoms with E-state index in [1.54, 1.807) is 0 Å². The van der Waals surface area contributed by atoms with Crippen LogP contribution in [0.25, 0.3) is 0 Å². The predicted molar refractivity (Wildman–Crippen MR) is 49.8 cm³/mol. The van der Waals surface area contributed by atoms with Gasteiger partial charge in [-0.1, -0.05) is 25.2 Å². The van der Waals surface area contributed by atoms with Crippen LogP contribution in [0.4, 0.5) is 0 Å². The van der Waals surface area contributed by atoms with E-state index >= 15 is 0 Å². The summed E-state index contributed by atoms with van der Waals surface area (Å²) >= 11 is 0. The van der Waals surface area contributed by atoms with Gasteiger partial charge < -0.3 is 5.11 Å². The third-order valence-electron chi connectivity index (χ3n) is 3.25. The first-order valence-corrected chi connectivity index (χ1v) is 4.87. The minimum absolute atomic E-state index is 0.361. The van der Waals surface area contributed by atoms with Crippen LogP contribution < -0.4 is 0 Å². The van der Waals surface area contributed by atoms with Gasteiger partial charge in [-0.15, -0.1) is 0 Å². The highest BCUT2D eigenvalue weighted by Crippen LogP contribution is 2.44. The number of aliphatic hydroxyl groups is 1. The highest BCUT2D eigenvalue weighted by atomic mass is 16.3. The predicted octanol–water partition coefficient (Wildman–Crippen LogP) is 2.42. The number of rotatable bonds is 1. The van der Waals surface area contributed by atoms with Crippen LogP contribution in [0.3, 0.4) is 0 Å². The Morgan fingerprint density at radius 1 is 1.67 bits per heavy atom. The van der Waals surface area contributed by atoms with Crippen LogP contribution in [0, 0.1) is 5.92 Å². The van der Waals surface area contributed by atoms with Gasteiger partial charge in [0.2, 0.25) is 0 Å². The van der Waals surface area contributed by atoms with Crippen molar-refractivity contribution in [3.63, 3.8) is 0 Å². The van der Waals surface area contributed by atoms with Crippen molar-refractivity contribution in [1.82, 2.24) is 0 Å². The van der Waals surface area contributed by atoms with Gasteiger partial charge in [0.1, 0.15) is 0 Å². The summed E-state index contributed by atoms with van der Waals surface area (Å²) in [6.07, 6.45) is 10.6. The monoisotopic (exact) mass is 164 g/mol. The van der Waals surface area contributed by atoms with Gasteiger partial charge in [0.05, 0.1) is 5.60 Å². The van der Waals surface area contributed by atoms with Crippen LogP contribution in [-0.2, 0) is 0 Å². The van der Waals surface area contributed by atoms with E-state index < -0.39 is 5.60 Å². The third-order valence-corrected chi connectivity index (χ3v) is 3.25. The smallest absolute Gasteiger partial charge is 0.0922 e. The van der Waals surface area contributed by atoms with Crippen molar-refractivity contribution in [1.29, 1.82) is 0 Å². The van der Waals surface area contributed by atoms with Gasteiger partial charge in [-0.3, -0.25) is 0 Å². The van der Waals surface area contributed by atoms with E-state index in [1.165, 1.54) is 5.57 Å². The molecule has 1 fully saturated rings. The molecule has 66 valence electrons. The Hall–Kier alpha value is -0.560. The van der Waals surface area contributed by atoms with Crippen LogP contribution in [-0.4, -0.2) is 10.7 Å². The fourth-order valence-electron chi connectivity index (χ4n) is 2.52. The van der Waals surface area contributed by atoms with Crippen LogP contribution >= 0.6 is 0 Å². The lowest BCUT2D eigenvalue weighted by atomic mass is 9.78. The molecule has 2 rings (SSSR count). The van der Waals surface area contributed by atoms with Gasteiger partial charge in [-0.25, -0.2) is 0 Å². The van der Waals surface area contributed by atoms with Crippen molar-refractivity contribution in [3.05, 3.63) is 23.8 Å². The average molecular weight is 164 g/mol. The summed E-state index contributed by atoms with van der Waals surface area (Å²) in [6, 6.07) is 0. The SMILES string of the molecule is CC[C@@H]1C=CC=C2CCC[C@@]21O. The van der Waals surface area contributed by atoms with Crippen LogP contribution in [0.5, 0.6) is 0 Å². The molecule has 0 unspecified atom stereocenters. The molecule has 0 bridgehead atoms. The second-order valence-corrected chi connectivity index (χ2v) is 3.87. The molecule has 0 saturated heterocycles. The number of fused-ring (bicyclic) bond motifs is 1. The number of allylic oxidation sites excluding steroid dienone is 2. The van der Waals surface area contributed by atoms with E-state index in [2.05, 4.69) is 25.2 Å². The minimum Gasteiger partial charge on any atom is -0.385 e. The quantitative estimate of drug-likeness (QED) is 0.631. The van der Waals surface area contributed by atoms with Crippen molar-refractivity contribution < 1.29 is 5.11 Å². The van der Waals surface area contributed by atoms with E-state index in [1.807, 2.05) is 0 Å². The molecule has 2 aliphatic carbocycles. The summed E-state index contributed by atoms with van der Waals surface area (Å²) in [5, 5.41) is 10.4. The van der Waals surface area contributed by atoms with E-state index in [4.69, 9.17) is 0 Å². The van der Waals surface area contributed by atoms with Gasteiger partial charge in [-0.05, 0) is 31.3 Å². The Balaban J connectivity index is 2.32. The third kappa shape index (κ3) is 0.962. The van der Waals surface area contributed by atoms with Crippen molar-refractivity contribution in [3.8, 4) is 0 Å². The zero-order valence-electron chi connectivity index (χ0n) is 7.59. The average Bonchev–Trinajstić information content (AvgIpc) is 2.45. The molecule has 0 aromatic heterocycles. The molecule has 0 aromatic rings. The Bertz CT molecular complexity index is 239. The summed E-state index contributed by atoms with van der Waals surface area (Å²) in [5.41, 5.74) is 0.792. The molecule has 0 heterocycles. The fraction of sp³-hybridized carbons (Fsp3) is 0.636. The number of hydrogen-bond acceptors (Lipinski definition) is 1. The zero-order chi connectivity index (χ0) is 8.60. The normalized spacial score (nSPS) is 39.5. The van der Waals surface area contributed by atoms with E-state index in [0.717, 1.165) is 25.7 Å². The van der Waals surface area contributed by atoms with E-state index in [-0.39, 0.29) is 0 Å². The minimum atomic E-state index is -0.469. The van der Waals surface area contributed by atoms with Gasteiger partial charge in [0, 0.05) is 5.92 Å². The van der Waals surface area contributed by atoms with Crippen molar-refractivity contribution in [2.75, 3.05) is 0 Å². The Morgan fingerprint density at radius 3 is 3.25 bits per heavy atom. The molecular formula is C11H16O. The Morgan fingerprint density at radius 2 is 2.50 bits per heavy atom. The first-order valence-electron chi connectivity index (χ1n) is 4.87. The largest absolute Gasteiger partial charge is 0.385 e. The second-order valence-electron chi connectivity index (χ2n) is 3.87. The molecule has 1 N–H and O–H groups in total. The maximum atomic E-state index is 10.4. The molecule has 12 heavy (non-hydrogen) atoms. The molecule has 2 aliphatic rings. The highest BCUT2D eigenvalue weighted by molar-refractivity contribution is 5.33. The zero-order valence-corrected chi connectivity index (χ0v) is 7.59.